The number of rotatable bonds is 3. The molecule has 92 valence electrons. The van der Waals surface area contributed by atoms with Crippen LogP contribution in [0.15, 0.2) is 50.6 Å². The predicted octanol–water partition coefficient (Wildman–Crippen LogP) is 2.95. The number of hydrogen-bond donors (Lipinski definition) is 1. The zero-order valence-corrected chi connectivity index (χ0v) is 10.6. The summed E-state index contributed by atoms with van der Waals surface area (Å²) in [7, 11) is 0. The minimum Gasteiger partial charge on any atom is -0.444 e. The standard InChI is InChI=1S/C12H8BrFN2O2/c13-11-6-5-10(18-11)12(17)16-15-7-8-3-1-2-4-9(8)14/h1-7H,(H,16,17)/b15-7+. The van der Waals surface area contributed by atoms with Gasteiger partial charge >= 0.3 is 5.91 Å². The third-order valence-corrected chi connectivity index (χ3v) is 2.50. The zero-order valence-electron chi connectivity index (χ0n) is 9.06. The van der Waals surface area contributed by atoms with E-state index in [1.165, 1.54) is 18.3 Å². The average molecular weight is 311 g/mol. The lowest BCUT2D eigenvalue weighted by molar-refractivity contribution is 0.0926. The van der Waals surface area contributed by atoms with Gasteiger partial charge in [-0.1, -0.05) is 18.2 Å². The highest BCUT2D eigenvalue weighted by molar-refractivity contribution is 9.10. The van der Waals surface area contributed by atoms with Crippen LogP contribution < -0.4 is 5.43 Å². The van der Waals surface area contributed by atoms with Gasteiger partial charge < -0.3 is 4.42 Å². The maximum absolute atomic E-state index is 13.2. The Morgan fingerprint density at radius 3 is 2.78 bits per heavy atom. The van der Waals surface area contributed by atoms with Gasteiger partial charge in [-0.2, -0.15) is 5.10 Å². The number of benzene rings is 1. The summed E-state index contributed by atoms with van der Waals surface area (Å²) in [5, 5.41) is 3.65. The van der Waals surface area contributed by atoms with Crippen LogP contribution in [0.5, 0.6) is 0 Å². The van der Waals surface area contributed by atoms with Crippen molar-refractivity contribution in [2.75, 3.05) is 0 Å². The van der Waals surface area contributed by atoms with Crippen LogP contribution in [0, 0.1) is 5.82 Å². The summed E-state index contributed by atoms with van der Waals surface area (Å²) in [5.41, 5.74) is 2.53. The van der Waals surface area contributed by atoms with Crippen LogP contribution in [0.3, 0.4) is 0 Å². The van der Waals surface area contributed by atoms with Crippen molar-refractivity contribution in [1.82, 2.24) is 5.43 Å². The smallest absolute Gasteiger partial charge is 0.307 e. The van der Waals surface area contributed by atoms with Crippen molar-refractivity contribution in [3.05, 3.63) is 58.2 Å². The van der Waals surface area contributed by atoms with E-state index in [0.29, 0.717) is 10.2 Å². The van der Waals surface area contributed by atoms with E-state index in [1.807, 2.05) is 0 Å². The van der Waals surface area contributed by atoms with E-state index in [9.17, 15) is 9.18 Å². The molecule has 1 N–H and O–H groups in total. The second-order valence-corrected chi connectivity index (χ2v) is 4.11. The summed E-state index contributed by atoms with van der Waals surface area (Å²) in [6.45, 7) is 0. The van der Waals surface area contributed by atoms with Gasteiger partial charge in [-0.05, 0) is 34.1 Å². The van der Waals surface area contributed by atoms with Crippen molar-refractivity contribution in [2.45, 2.75) is 0 Å². The van der Waals surface area contributed by atoms with Crippen LogP contribution in [0.2, 0.25) is 0 Å². The Kier molecular flexibility index (Phi) is 3.88. The normalized spacial score (nSPS) is 10.8. The molecular weight excluding hydrogens is 303 g/mol. The van der Waals surface area contributed by atoms with Crippen LogP contribution in [0.1, 0.15) is 16.1 Å². The molecule has 0 aliphatic rings. The Labute approximate surface area is 111 Å². The summed E-state index contributed by atoms with van der Waals surface area (Å²) in [4.78, 5) is 11.5. The lowest BCUT2D eigenvalue weighted by atomic mass is 10.2. The van der Waals surface area contributed by atoms with E-state index in [0.717, 1.165) is 0 Å². The molecule has 0 bridgehead atoms. The first-order chi connectivity index (χ1) is 8.66. The number of amides is 1. The van der Waals surface area contributed by atoms with E-state index in [-0.39, 0.29) is 5.76 Å². The van der Waals surface area contributed by atoms with Gasteiger partial charge in [0, 0.05) is 5.56 Å². The fourth-order valence-corrected chi connectivity index (χ4v) is 1.54. The lowest BCUT2D eigenvalue weighted by Gasteiger charge is -1.96. The van der Waals surface area contributed by atoms with Gasteiger partial charge in [0.25, 0.3) is 0 Å². The molecule has 4 nitrogen and oxygen atoms in total. The lowest BCUT2D eigenvalue weighted by Crippen LogP contribution is -2.16. The van der Waals surface area contributed by atoms with Gasteiger partial charge in [0.2, 0.25) is 0 Å². The SMILES string of the molecule is O=C(N/N=C/c1ccccc1F)c1ccc(Br)o1. The van der Waals surface area contributed by atoms with Crippen molar-refractivity contribution >= 4 is 28.1 Å². The molecule has 2 aromatic rings. The Morgan fingerprint density at radius 2 is 2.11 bits per heavy atom. The Bertz CT molecular complexity index is 595. The number of hydrazone groups is 1. The third kappa shape index (κ3) is 3.04. The Hall–Kier alpha value is -1.95. The molecule has 0 saturated carbocycles. The summed E-state index contributed by atoms with van der Waals surface area (Å²) >= 11 is 3.08. The summed E-state index contributed by atoms with van der Waals surface area (Å²) < 4.78 is 18.7. The first-order valence-electron chi connectivity index (χ1n) is 5.00. The first kappa shape index (κ1) is 12.5. The van der Waals surface area contributed by atoms with Gasteiger partial charge in [-0.15, -0.1) is 0 Å². The van der Waals surface area contributed by atoms with Crippen LogP contribution in [0.25, 0.3) is 0 Å². The summed E-state index contributed by atoms with van der Waals surface area (Å²) in [6, 6.07) is 9.20. The van der Waals surface area contributed by atoms with Crippen molar-refractivity contribution < 1.29 is 13.6 Å². The predicted molar refractivity (Wildman–Crippen MR) is 67.9 cm³/mol. The fraction of sp³-hybridized carbons (Fsp3) is 0. The molecule has 2 rings (SSSR count). The van der Waals surface area contributed by atoms with Gasteiger partial charge in [0.15, 0.2) is 10.4 Å². The summed E-state index contributed by atoms with van der Waals surface area (Å²) in [6.07, 6.45) is 1.23. The van der Waals surface area contributed by atoms with E-state index < -0.39 is 11.7 Å². The van der Waals surface area contributed by atoms with Crippen LogP contribution in [-0.4, -0.2) is 12.1 Å². The maximum Gasteiger partial charge on any atom is 0.307 e. The first-order valence-corrected chi connectivity index (χ1v) is 5.79. The molecule has 1 aromatic carbocycles. The molecule has 0 aliphatic carbocycles. The number of nitrogens with one attached hydrogen (secondary N) is 1. The van der Waals surface area contributed by atoms with Gasteiger partial charge in [0.05, 0.1) is 6.21 Å². The highest BCUT2D eigenvalue weighted by atomic mass is 79.9. The highest BCUT2D eigenvalue weighted by Gasteiger charge is 2.08. The number of halogens is 2. The average Bonchev–Trinajstić information content (AvgIpc) is 2.78. The minimum absolute atomic E-state index is 0.118. The maximum atomic E-state index is 13.2. The molecule has 1 heterocycles. The third-order valence-electron chi connectivity index (χ3n) is 2.07. The molecule has 0 spiro atoms. The molecular formula is C12H8BrFN2O2. The minimum atomic E-state index is -0.506. The number of hydrogen-bond acceptors (Lipinski definition) is 3. The number of nitrogens with zero attached hydrogens (tertiary/aromatic N) is 1. The molecule has 0 unspecified atom stereocenters. The van der Waals surface area contributed by atoms with Crippen molar-refractivity contribution in [1.29, 1.82) is 0 Å². The Morgan fingerprint density at radius 1 is 1.33 bits per heavy atom. The summed E-state index contributed by atoms with van der Waals surface area (Å²) in [5.74, 6) is -0.794. The molecule has 1 amide bonds. The molecule has 6 heteroatoms. The van der Waals surface area contributed by atoms with Gasteiger partial charge in [0.1, 0.15) is 5.82 Å². The number of furan rings is 1. The molecule has 18 heavy (non-hydrogen) atoms. The van der Waals surface area contributed by atoms with E-state index in [2.05, 4.69) is 26.5 Å². The molecule has 0 fully saturated rings. The van der Waals surface area contributed by atoms with Crippen molar-refractivity contribution in [3.63, 3.8) is 0 Å². The van der Waals surface area contributed by atoms with E-state index in [4.69, 9.17) is 4.42 Å². The highest BCUT2D eigenvalue weighted by Crippen LogP contribution is 2.13. The van der Waals surface area contributed by atoms with Crippen LogP contribution in [0.4, 0.5) is 4.39 Å². The molecule has 0 aliphatic heterocycles. The molecule has 0 radical (unpaired) electrons. The van der Waals surface area contributed by atoms with Crippen molar-refractivity contribution in [3.8, 4) is 0 Å². The molecule has 1 aromatic heterocycles. The topological polar surface area (TPSA) is 54.6 Å². The molecule has 0 saturated heterocycles. The largest absolute Gasteiger partial charge is 0.444 e. The van der Waals surface area contributed by atoms with Crippen LogP contribution >= 0.6 is 15.9 Å². The zero-order chi connectivity index (χ0) is 13.0. The van der Waals surface area contributed by atoms with E-state index >= 15 is 0 Å². The Balaban J connectivity index is 2.00. The second kappa shape index (κ2) is 5.59. The van der Waals surface area contributed by atoms with Crippen LogP contribution in [-0.2, 0) is 0 Å². The number of carbonyl (C=O) groups excluding carboxylic acids is 1. The fourth-order valence-electron chi connectivity index (χ4n) is 1.23. The second-order valence-electron chi connectivity index (χ2n) is 3.32. The van der Waals surface area contributed by atoms with Gasteiger partial charge in [-0.3, -0.25) is 4.79 Å². The quantitative estimate of drug-likeness (QED) is 0.700. The van der Waals surface area contributed by atoms with Crippen molar-refractivity contribution in [2.24, 2.45) is 5.10 Å². The van der Waals surface area contributed by atoms with E-state index in [1.54, 1.807) is 24.3 Å². The molecule has 0 atom stereocenters. The number of carbonyl (C=O) groups is 1. The van der Waals surface area contributed by atoms with Gasteiger partial charge in [-0.25, -0.2) is 9.82 Å². The monoisotopic (exact) mass is 310 g/mol.